The molecule has 0 spiro atoms. The number of nitrogens with one attached hydrogen (secondary N) is 1. The number of hydrogen-bond donors (Lipinski definition) is 1. The van der Waals surface area contributed by atoms with Crippen LogP contribution < -0.4 is 5.32 Å². The van der Waals surface area contributed by atoms with Crippen LogP contribution in [0, 0.1) is 0 Å². The van der Waals surface area contributed by atoms with Crippen molar-refractivity contribution in [1.29, 1.82) is 0 Å². The van der Waals surface area contributed by atoms with Crippen molar-refractivity contribution in [2.24, 2.45) is 0 Å². The molecule has 162 valence electrons. The summed E-state index contributed by atoms with van der Waals surface area (Å²) in [6, 6.07) is 15.2. The molecule has 0 aliphatic carbocycles. The van der Waals surface area contributed by atoms with Gasteiger partial charge in [0.15, 0.2) is 0 Å². The molecule has 1 N–H and O–H groups in total. The van der Waals surface area contributed by atoms with Crippen molar-refractivity contribution in [1.82, 2.24) is 4.90 Å². The third-order valence-corrected chi connectivity index (χ3v) is 6.50. The number of para-hydroxylation sites is 1. The van der Waals surface area contributed by atoms with Gasteiger partial charge in [0.2, 0.25) is 5.91 Å². The van der Waals surface area contributed by atoms with Crippen LogP contribution in [0.1, 0.15) is 5.76 Å². The maximum atomic E-state index is 12.7. The van der Waals surface area contributed by atoms with E-state index in [0.717, 1.165) is 16.7 Å². The minimum atomic E-state index is -0.590. The van der Waals surface area contributed by atoms with E-state index in [9.17, 15) is 14.4 Å². The first kappa shape index (κ1) is 22.5. The van der Waals surface area contributed by atoms with Gasteiger partial charge in [0.05, 0.1) is 25.7 Å². The molecule has 3 amide bonds. The van der Waals surface area contributed by atoms with Gasteiger partial charge in [0, 0.05) is 11.6 Å². The number of rotatable bonds is 5. The van der Waals surface area contributed by atoms with Crippen molar-refractivity contribution in [3.8, 4) is 11.3 Å². The van der Waals surface area contributed by atoms with Gasteiger partial charge in [0.25, 0.3) is 11.1 Å². The number of hydrogen-bond acceptors (Lipinski definition) is 5. The van der Waals surface area contributed by atoms with Gasteiger partial charge in [-0.05, 0) is 48.2 Å². The normalized spacial score (nSPS) is 15.0. The van der Waals surface area contributed by atoms with Crippen molar-refractivity contribution < 1.29 is 18.8 Å². The Morgan fingerprint density at radius 1 is 1.00 bits per heavy atom. The van der Waals surface area contributed by atoms with E-state index in [1.165, 1.54) is 6.08 Å². The van der Waals surface area contributed by atoms with Gasteiger partial charge < -0.3 is 9.73 Å². The zero-order valence-electron chi connectivity index (χ0n) is 16.1. The highest BCUT2D eigenvalue weighted by Crippen LogP contribution is 2.36. The van der Waals surface area contributed by atoms with Crippen LogP contribution in [0.15, 0.2) is 63.9 Å². The number of amides is 3. The van der Waals surface area contributed by atoms with Crippen LogP contribution in [0.4, 0.5) is 10.5 Å². The summed E-state index contributed by atoms with van der Waals surface area (Å²) in [5.41, 5.74) is 0.993. The number of imide groups is 1. The fourth-order valence-corrected chi connectivity index (χ4v) is 4.33. The molecule has 1 aliphatic rings. The first-order valence-electron chi connectivity index (χ1n) is 9.17. The van der Waals surface area contributed by atoms with E-state index in [1.54, 1.807) is 54.6 Å². The van der Waals surface area contributed by atoms with E-state index in [-0.39, 0.29) is 4.91 Å². The number of thioether (sulfide) groups is 1. The standard InChI is InChI=1S/C22H13Cl3N2O4S/c23-14-5-1-2-7-16(14)26-19(28)11-27-21(29)18(32-22(27)30)10-12-8-9-17(31-12)13-4-3-6-15(24)20(13)25/h1-10H,11H2,(H,26,28)/b18-10-. The van der Waals surface area contributed by atoms with Gasteiger partial charge >= 0.3 is 0 Å². The van der Waals surface area contributed by atoms with Crippen molar-refractivity contribution in [2.45, 2.75) is 0 Å². The average Bonchev–Trinajstić information content (AvgIpc) is 3.32. The molecule has 0 unspecified atom stereocenters. The van der Waals surface area contributed by atoms with Crippen LogP contribution in [0.5, 0.6) is 0 Å². The molecule has 1 aliphatic heterocycles. The first-order valence-corrected chi connectivity index (χ1v) is 11.1. The highest BCUT2D eigenvalue weighted by atomic mass is 35.5. The third kappa shape index (κ3) is 4.71. The smallest absolute Gasteiger partial charge is 0.294 e. The molecule has 32 heavy (non-hydrogen) atoms. The Kier molecular flexibility index (Phi) is 6.62. The third-order valence-electron chi connectivity index (χ3n) is 4.44. The minimum absolute atomic E-state index is 0.138. The van der Waals surface area contributed by atoms with Crippen LogP contribution in [0.25, 0.3) is 17.4 Å². The van der Waals surface area contributed by atoms with Crippen LogP contribution in [0.3, 0.4) is 0 Å². The van der Waals surface area contributed by atoms with Crippen LogP contribution in [0.2, 0.25) is 15.1 Å². The Bertz CT molecular complexity index is 1270. The SMILES string of the molecule is O=C(CN1C(=O)S/C(=C\c2ccc(-c3cccc(Cl)c3Cl)o2)C1=O)Nc1ccccc1Cl. The number of furan rings is 1. The number of anilines is 1. The zero-order chi connectivity index (χ0) is 22.8. The molecular formula is C22H13Cl3N2O4S. The van der Waals surface area contributed by atoms with E-state index >= 15 is 0 Å². The lowest BCUT2D eigenvalue weighted by molar-refractivity contribution is -0.127. The minimum Gasteiger partial charge on any atom is -0.457 e. The highest BCUT2D eigenvalue weighted by Gasteiger charge is 2.36. The quantitative estimate of drug-likeness (QED) is 0.395. The average molecular weight is 508 g/mol. The van der Waals surface area contributed by atoms with Crippen LogP contribution in [-0.4, -0.2) is 28.5 Å². The van der Waals surface area contributed by atoms with E-state index in [2.05, 4.69) is 5.32 Å². The second-order valence-electron chi connectivity index (χ2n) is 6.60. The largest absolute Gasteiger partial charge is 0.457 e. The summed E-state index contributed by atoms with van der Waals surface area (Å²) < 4.78 is 5.75. The van der Waals surface area contributed by atoms with Gasteiger partial charge in [-0.25, -0.2) is 0 Å². The van der Waals surface area contributed by atoms with Gasteiger partial charge in [0.1, 0.15) is 18.1 Å². The number of nitrogens with zero attached hydrogens (tertiary/aromatic N) is 1. The first-order chi connectivity index (χ1) is 15.3. The molecule has 0 saturated carbocycles. The summed E-state index contributed by atoms with van der Waals surface area (Å²) >= 11 is 19.0. The lowest BCUT2D eigenvalue weighted by Crippen LogP contribution is -2.36. The molecule has 1 fully saturated rings. The predicted molar refractivity (Wildman–Crippen MR) is 127 cm³/mol. The van der Waals surface area contributed by atoms with E-state index in [4.69, 9.17) is 39.2 Å². The molecule has 3 aromatic rings. The maximum absolute atomic E-state index is 12.7. The van der Waals surface area contributed by atoms with Crippen molar-refractivity contribution >= 4 is 75.4 Å². The molecule has 6 nitrogen and oxygen atoms in total. The predicted octanol–water partition coefficient (Wildman–Crippen LogP) is 6.58. The van der Waals surface area contributed by atoms with Gasteiger partial charge in [-0.2, -0.15) is 0 Å². The Hall–Kier alpha value is -2.71. The second-order valence-corrected chi connectivity index (χ2v) is 8.78. The lowest BCUT2D eigenvalue weighted by atomic mass is 10.2. The van der Waals surface area contributed by atoms with E-state index in [1.807, 2.05) is 0 Å². The van der Waals surface area contributed by atoms with Crippen LogP contribution in [-0.2, 0) is 9.59 Å². The molecule has 0 bridgehead atoms. The van der Waals surface area contributed by atoms with E-state index in [0.29, 0.717) is 37.8 Å². The number of halogens is 3. The molecule has 4 rings (SSSR count). The summed E-state index contributed by atoms with van der Waals surface area (Å²) in [5, 5.41) is 3.12. The molecule has 2 aromatic carbocycles. The Labute approximate surface area is 202 Å². The molecular weight excluding hydrogens is 495 g/mol. The summed E-state index contributed by atoms with van der Waals surface area (Å²) in [7, 11) is 0. The number of carbonyl (C=O) groups excluding carboxylic acids is 3. The Morgan fingerprint density at radius 2 is 1.75 bits per heavy atom. The molecule has 10 heteroatoms. The van der Waals surface area contributed by atoms with Gasteiger partial charge in [-0.1, -0.05) is 53.0 Å². The molecule has 1 saturated heterocycles. The molecule has 0 radical (unpaired) electrons. The van der Waals surface area contributed by atoms with Crippen molar-refractivity contribution in [3.63, 3.8) is 0 Å². The summed E-state index contributed by atoms with van der Waals surface area (Å²) in [6.07, 6.45) is 1.44. The lowest BCUT2D eigenvalue weighted by Gasteiger charge is -2.13. The maximum Gasteiger partial charge on any atom is 0.294 e. The monoisotopic (exact) mass is 506 g/mol. The summed E-state index contributed by atoms with van der Waals surface area (Å²) in [4.78, 5) is 38.3. The number of benzene rings is 2. The Balaban J connectivity index is 1.48. The molecule has 1 aromatic heterocycles. The van der Waals surface area contributed by atoms with Crippen molar-refractivity contribution in [2.75, 3.05) is 11.9 Å². The zero-order valence-corrected chi connectivity index (χ0v) is 19.2. The topological polar surface area (TPSA) is 79.6 Å². The fourth-order valence-electron chi connectivity index (χ4n) is 2.93. The number of carbonyl (C=O) groups is 3. The summed E-state index contributed by atoms with van der Waals surface area (Å²) in [6.45, 7) is -0.436. The summed E-state index contributed by atoms with van der Waals surface area (Å²) in [5.74, 6) is -0.324. The van der Waals surface area contributed by atoms with Gasteiger partial charge in [-0.3, -0.25) is 19.3 Å². The molecule has 0 atom stereocenters. The molecule has 2 heterocycles. The van der Waals surface area contributed by atoms with Crippen molar-refractivity contribution in [3.05, 3.63) is 80.3 Å². The second kappa shape index (κ2) is 9.42. The van der Waals surface area contributed by atoms with Crippen LogP contribution >= 0.6 is 46.6 Å². The highest BCUT2D eigenvalue weighted by molar-refractivity contribution is 8.18. The Morgan fingerprint density at radius 3 is 2.53 bits per heavy atom. The van der Waals surface area contributed by atoms with E-state index < -0.39 is 23.6 Å². The van der Waals surface area contributed by atoms with Gasteiger partial charge in [-0.15, -0.1) is 0 Å². The fraction of sp³-hybridized carbons (Fsp3) is 0.0455.